The van der Waals surface area contributed by atoms with E-state index < -0.39 is 0 Å². The molecule has 0 aliphatic carbocycles. The average Bonchev–Trinajstić information content (AvgIpc) is 2.49. The molecule has 4 N–H and O–H groups in total. The maximum Gasteiger partial charge on any atom is 0.252 e. The molecule has 0 saturated carbocycles. The molecule has 18 heavy (non-hydrogen) atoms. The van der Waals surface area contributed by atoms with Gasteiger partial charge >= 0.3 is 0 Å². The van der Waals surface area contributed by atoms with Crippen LogP contribution in [0.4, 0.5) is 0 Å². The van der Waals surface area contributed by atoms with Crippen molar-refractivity contribution in [2.24, 2.45) is 22.4 Å². The van der Waals surface area contributed by atoms with Crippen molar-refractivity contribution in [1.82, 2.24) is 0 Å². The summed E-state index contributed by atoms with van der Waals surface area (Å²) in [5.41, 5.74) is 12.7. The van der Waals surface area contributed by atoms with Crippen molar-refractivity contribution < 1.29 is 9.53 Å². The fourth-order valence-corrected chi connectivity index (χ4v) is 2.12. The number of carbonyl (C=O) groups excluding carboxylic acids is 1. The Morgan fingerprint density at radius 3 is 2.94 bits per heavy atom. The van der Waals surface area contributed by atoms with E-state index in [1.807, 2.05) is 25.1 Å². The van der Waals surface area contributed by atoms with Gasteiger partial charge in [-0.05, 0) is 31.4 Å². The Kier molecular flexibility index (Phi) is 3.50. The number of hydrogen-bond donors (Lipinski definition) is 2. The van der Waals surface area contributed by atoms with Crippen molar-refractivity contribution in [3.63, 3.8) is 0 Å². The van der Waals surface area contributed by atoms with Crippen molar-refractivity contribution in [3.05, 3.63) is 29.3 Å². The molecule has 1 amide bonds. The van der Waals surface area contributed by atoms with Crippen molar-refractivity contribution >= 4 is 11.9 Å². The molecule has 96 valence electrons. The minimum Gasteiger partial charge on any atom is -0.493 e. The maximum absolute atomic E-state index is 11.9. The number of aryl methyl sites for hydroxylation is 1. The third kappa shape index (κ3) is 2.80. The zero-order chi connectivity index (χ0) is 13.1. The average molecular weight is 247 g/mol. The predicted octanol–water partition coefficient (Wildman–Crippen LogP) is 0.736. The second-order valence-corrected chi connectivity index (χ2v) is 4.52. The SMILES string of the molecule is Cc1ccc2c(c1)CC(C(=O)N=C(N)N)CCO2. The first-order valence-electron chi connectivity index (χ1n) is 5.92. The molecule has 1 unspecified atom stereocenters. The third-order valence-corrected chi connectivity index (χ3v) is 2.99. The van der Waals surface area contributed by atoms with Crippen LogP contribution in [-0.4, -0.2) is 18.5 Å². The molecule has 0 fully saturated rings. The van der Waals surface area contributed by atoms with Gasteiger partial charge in [-0.1, -0.05) is 17.7 Å². The summed E-state index contributed by atoms with van der Waals surface area (Å²) in [7, 11) is 0. The normalized spacial score (nSPS) is 18.2. The number of nitrogens with two attached hydrogens (primary N) is 2. The second-order valence-electron chi connectivity index (χ2n) is 4.52. The highest BCUT2D eigenvalue weighted by molar-refractivity contribution is 5.92. The van der Waals surface area contributed by atoms with Gasteiger partial charge < -0.3 is 16.2 Å². The van der Waals surface area contributed by atoms with Gasteiger partial charge in [0.15, 0.2) is 5.96 Å². The van der Waals surface area contributed by atoms with Crippen molar-refractivity contribution in [1.29, 1.82) is 0 Å². The molecule has 1 aliphatic heterocycles. The number of carbonyl (C=O) groups is 1. The fourth-order valence-electron chi connectivity index (χ4n) is 2.12. The van der Waals surface area contributed by atoms with Gasteiger partial charge in [-0.25, -0.2) is 0 Å². The van der Waals surface area contributed by atoms with E-state index in [1.54, 1.807) is 0 Å². The van der Waals surface area contributed by atoms with Crippen LogP contribution in [0.1, 0.15) is 17.5 Å². The number of rotatable bonds is 1. The van der Waals surface area contributed by atoms with E-state index in [0.29, 0.717) is 19.4 Å². The molecule has 1 heterocycles. The minimum absolute atomic E-state index is 0.186. The lowest BCUT2D eigenvalue weighted by atomic mass is 9.95. The summed E-state index contributed by atoms with van der Waals surface area (Å²) < 4.78 is 5.63. The molecular weight excluding hydrogens is 230 g/mol. The number of guanidine groups is 1. The lowest BCUT2D eigenvalue weighted by Crippen LogP contribution is -2.27. The first-order valence-corrected chi connectivity index (χ1v) is 5.92. The molecule has 5 nitrogen and oxygen atoms in total. The molecule has 0 bridgehead atoms. The molecule has 5 heteroatoms. The van der Waals surface area contributed by atoms with Gasteiger partial charge in [0.2, 0.25) is 0 Å². The van der Waals surface area contributed by atoms with Gasteiger partial charge in [-0.2, -0.15) is 4.99 Å². The molecule has 1 aliphatic rings. The van der Waals surface area contributed by atoms with Crippen LogP contribution in [0.5, 0.6) is 5.75 Å². The van der Waals surface area contributed by atoms with E-state index in [1.165, 1.54) is 0 Å². The Balaban J connectivity index is 2.23. The molecule has 2 rings (SSSR count). The maximum atomic E-state index is 11.9. The fraction of sp³-hybridized carbons (Fsp3) is 0.385. The number of nitrogens with zero attached hydrogens (tertiary/aromatic N) is 1. The van der Waals surface area contributed by atoms with Crippen molar-refractivity contribution in [3.8, 4) is 5.75 Å². The highest BCUT2D eigenvalue weighted by Crippen LogP contribution is 2.28. The topological polar surface area (TPSA) is 90.7 Å². The zero-order valence-electron chi connectivity index (χ0n) is 10.3. The Morgan fingerprint density at radius 1 is 1.44 bits per heavy atom. The molecule has 0 saturated heterocycles. The second kappa shape index (κ2) is 5.08. The van der Waals surface area contributed by atoms with Crippen LogP contribution < -0.4 is 16.2 Å². The monoisotopic (exact) mass is 247 g/mol. The summed E-state index contributed by atoms with van der Waals surface area (Å²) in [4.78, 5) is 15.5. The summed E-state index contributed by atoms with van der Waals surface area (Å²) >= 11 is 0. The summed E-state index contributed by atoms with van der Waals surface area (Å²) in [5.74, 6) is 0.179. The highest BCUT2D eigenvalue weighted by atomic mass is 16.5. The number of hydrogen-bond acceptors (Lipinski definition) is 2. The van der Waals surface area contributed by atoms with Crippen molar-refractivity contribution in [2.45, 2.75) is 19.8 Å². The van der Waals surface area contributed by atoms with Gasteiger partial charge in [0.25, 0.3) is 5.91 Å². The van der Waals surface area contributed by atoms with Crippen LogP contribution in [-0.2, 0) is 11.2 Å². The van der Waals surface area contributed by atoms with Crippen LogP contribution in [0, 0.1) is 12.8 Å². The van der Waals surface area contributed by atoms with Crippen LogP contribution in [0.25, 0.3) is 0 Å². The van der Waals surface area contributed by atoms with Crippen LogP contribution in [0.3, 0.4) is 0 Å². The smallest absolute Gasteiger partial charge is 0.252 e. The van der Waals surface area contributed by atoms with E-state index in [-0.39, 0.29) is 17.8 Å². The largest absolute Gasteiger partial charge is 0.493 e. The van der Waals surface area contributed by atoms with E-state index in [4.69, 9.17) is 16.2 Å². The van der Waals surface area contributed by atoms with Gasteiger partial charge in [-0.15, -0.1) is 0 Å². The van der Waals surface area contributed by atoms with E-state index >= 15 is 0 Å². The van der Waals surface area contributed by atoms with Gasteiger partial charge in [0, 0.05) is 5.92 Å². The number of aliphatic imine (C=N–C) groups is 1. The summed E-state index contributed by atoms with van der Waals surface area (Å²) in [5, 5.41) is 0. The summed E-state index contributed by atoms with van der Waals surface area (Å²) in [6.07, 6.45) is 1.25. The van der Waals surface area contributed by atoms with Crippen molar-refractivity contribution in [2.75, 3.05) is 6.61 Å². The van der Waals surface area contributed by atoms with Crippen LogP contribution >= 0.6 is 0 Å². The number of benzene rings is 1. The molecule has 0 aromatic heterocycles. The van der Waals surface area contributed by atoms with E-state index in [2.05, 4.69) is 4.99 Å². The first-order chi connectivity index (χ1) is 8.56. The number of fused-ring (bicyclic) bond motifs is 1. The Morgan fingerprint density at radius 2 is 2.22 bits per heavy atom. The standard InChI is InChI=1S/C13H17N3O2/c1-8-2-3-11-10(6-8)7-9(4-5-18-11)12(17)16-13(14)15/h2-3,6,9H,4-5,7H2,1H3,(H4,14,15,16,17). The zero-order valence-corrected chi connectivity index (χ0v) is 10.3. The Hall–Kier alpha value is -2.04. The summed E-state index contributed by atoms with van der Waals surface area (Å²) in [6, 6.07) is 5.98. The molecule has 1 aromatic rings. The van der Waals surface area contributed by atoms with E-state index in [9.17, 15) is 4.79 Å². The lowest BCUT2D eigenvalue weighted by molar-refractivity contribution is -0.121. The molecule has 1 aromatic carbocycles. The summed E-state index contributed by atoms with van der Waals surface area (Å²) in [6.45, 7) is 2.52. The third-order valence-electron chi connectivity index (χ3n) is 2.99. The number of amides is 1. The Bertz CT molecular complexity index is 493. The van der Waals surface area contributed by atoms with Crippen LogP contribution in [0.2, 0.25) is 0 Å². The Labute approximate surface area is 106 Å². The molecule has 0 spiro atoms. The molecule has 0 radical (unpaired) electrons. The van der Waals surface area contributed by atoms with Gasteiger partial charge in [0.1, 0.15) is 5.75 Å². The quantitative estimate of drug-likeness (QED) is 0.565. The first kappa shape index (κ1) is 12.4. The van der Waals surface area contributed by atoms with Crippen LogP contribution in [0.15, 0.2) is 23.2 Å². The van der Waals surface area contributed by atoms with Gasteiger partial charge in [-0.3, -0.25) is 4.79 Å². The molecule has 1 atom stereocenters. The molecular formula is C13H17N3O2. The van der Waals surface area contributed by atoms with E-state index in [0.717, 1.165) is 16.9 Å². The minimum atomic E-state index is -0.270. The lowest BCUT2D eigenvalue weighted by Gasteiger charge is -2.09. The highest BCUT2D eigenvalue weighted by Gasteiger charge is 2.23. The van der Waals surface area contributed by atoms with Gasteiger partial charge in [0.05, 0.1) is 6.61 Å². The number of ether oxygens (including phenoxy) is 1. The predicted molar refractivity (Wildman–Crippen MR) is 69.3 cm³/mol.